The third kappa shape index (κ3) is 3.30. The van der Waals surface area contributed by atoms with Gasteiger partial charge in [0.15, 0.2) is 0 Å². The van der Waals surface area contributed by atoms with Gasteiger partial charge in [-0.05, 0) is 31.2 Å². The van der Waals surface area contributed by atoms with Gasteiger partial charge in [-0.3, -0.25) is 0 Å². The Labute approximate surface area is 104 Å². The number of hydrogen-bond acceptors (Lipinski definition) is 2. The Hall–Kier alpha value is -0.860. The van der Waals surface area contributed by atoms with Crippen LogP contribution >= 0.6 is 0 Å². The first-order valence-electron chi connectivity index (χ1n) is 6.65. The maximum Gasteiger partial charge on any atom is 0.0992 e. The van der Waals surface area contributed by atoms with E-state index < -0.39 is 5.60 Å². The summed E-state index contributed by atoms with van der Waals surface area (Å²) in [6.07, 6.45) is 3.85. The summed E-state index contributed by atoms with van der Waals surface area (Å²) in [5.74, 6) is 0.839. The van der Waals surface area contributed by atoms with E-state index >= 15 is 0 Å². The molecule has 0 saturated heterocycles. The average Bonchev–Trinajstić information content (AvgIpc) is 3.07. The van der Waals surface area contributed by atoms with Crippen molar-refractivity contribution in [3.63, 3.8) is 0 Å². The number of hydrogen-bond donors (Lipinski definition) is 2. The first-order valence-corrected chi connectivity index (χ1v) is 6.65. The summed E-state index contributed by atoms with van der Waals surface area (Å²) in [6.45, 7) is 4.75. The summed E-state index contributed by atoms with van der Waals surface area (Å²) in [5.41, 5.74) is 0.223. The van der Waals surface area contributed by atoms with Gasteiger partial charge in [-0.25, -0.2) is 0 Å². The molecule has 2 rings (SSSR count). The van der Waals surface area contributed by atoms with E-state index in [1.807, 2.05) is 37.3 Å². The minimum Gasteiger partial charge on any atom is -0.384 e. The highest BCUT2D eigenvalue weighted by Gasteiger charge is 2.37. The molecule has 2 nitrogen and oxygen atoms in total. The molecule has 17 heavy (non-hydrogen) atoms. The van der Waals surface area contributed by atoms with Crippen LogP contribution in [0.5, 0.6) is 0 Å². The Kier molecular flexibility index (Phi) is 3.85. The van der Waals surface area contributed by atoms with E-state index in [-0.39, 0.29) is 0 Å². The molecule has 1 aliphatic rings. The molecule has 0 aromatic heterocycles. The lowest BCUT2D eigenvalue weighted by molar-refractivity contribution is 0.0562. The second-order valence-corrected chi connectivity index (χ2v) is 5.41. The molecule has 1 aromatic rings. The van der Waals surface area contributed by atoms with Crippen LogP contribution in [0.2, 0.25) is 0 Å². The monoisotopic (exact) mass is 233 g/mol. The van der Waals surface area contributed by atoms with Crippen molar-refractivity contribution in [3.8, 4) is 0 Å². The van der Waals surface area contributed by atoms with Gasteiger partial charge in [-0.2, -0.15) is 0 Å². The van der Waals surface area contributed by atoms with E-state index in [9.17, 15) is 5.11 Å². The second-order valence-electron chi connectivity index (χ2n) is 5.41. The van der Waals surface area contributed by atoms with Crippen LogP contribution in [0, 0.1) is 5.92 Å². The fraction of sp³-hybridized carbons (Fsp3) is 0.600. The lowest BCUT2D eigenvalue weighted by Crippen LogP contribution is -2.37. The van der Waals surface area contributed by atoms with Crippen LogP contribution in [0.15, 0.2) is 30.3 Å². The number of nitrogens with one attached hydrogen (secondary N) is 1. The van der Waals surface area contributed by atoms with E-state index in [0.29, 0.717) is 12.6 Å². The number of aliphatic hydroxyl groups is 1. The summed E-state index contributed by atoms with van der Waals surface area (Å²) < 4.78 is 0. The van der Waals surface area contributed by atoms with Crippen LogP contribution in [0.1, 0.15) is 38.7 Å². The predicted octanol–water partition coefficient (Wildman–Crippen LogP) is 2.67. The first kappa shape index (κ1) is 12.6. The van der Waals surface area contributed by atoms with Crippen molar-refractivity contribution in [1.29, 1.82) is 0 Å². The lowest BCUT2D eigenvalue weighted by atomic mass is 9.96. The van der Waals surface area contributed by atoms with Crippen LogP contribution in [-0.4, -0.2) is 17.7 Å². The van der Waals surface area contributed by atoms with Gasteiger partial charge in [0.2, 0.25) is 0 Å². The molecule has 1 aromatic carbocycles. The Morgan fingerprint density at radius 2 is 2.06 bits per heavy atom. The molecule has 1 aliphatic carbocycles. The van der Waals surface area contributed by atoms with Crippen LogP contribution in [-0.2, 0) is 5.60 Å². The molecular formula is C15H23NO. The van der Waals surface area contributed by atoms with E-state index in [1.165, 1.54) is 19.3 Å². The van der Waals surface area contributed by atoms with Crippen LogP contribution in [0.25, 0.3) is 0 Å². The first-order chi connectivity index (χ1) is 8.13. The predicted molar refractivity (Wildman–Crippen MR) is 70.8 cm³/mol. The standard InChI is InChI=1S/C15H23NO/c1-3-7-12-10-14(12)16-11-15(2,17)13-8-5-4-6-9-13/h4-6,8-9,12,14,16-17H,3,7,10-11H2,1-2H3. The number of benzene rings is 1. The topological polar surface area (TPSA) is 32.3 Å². The maximum atomic E-state index is 10.4. The van der Waals surface area contributed by atoms with Gasteiger partial charge in [0.1, 0.15) is 0 Å². The minimum absolute atomic E-state index is 0.630. The quantitative estimate of drug-likeness (QED) is 0.791. The summed E-state index contributed by atoms with van der Waals surface area (Å²) >= 11 is 0. The molecule has 3 atom stereocenters. The summed E-state index contributed by atoms with van der Waals surface area (Å²) in [7, 11) is 0. The van der Waals surface area contributed by atoms with E-state index in [2.05, 4.69) is 12.2 Å². The fourth-order valence-electron chi connectivity index (χ4n) is 2.42. The molecule has 0 aliphatic heterocycles. The van der Waals surface area contributed by atoms with E-state index in [1.54, 1.807) is 0 Å². The zero-order valence-electron chi connectivity index (χ0n) is 10.8. The minimum atomic E-state index is -0.763. The van der Waals surface area contributed by atoms with Crippen LogP contribution in [0.4, 0.5) is 0 Å². The SMILES string of the molecule is CCCC1CC1NCC(C)(O)c1ccccc1. The Morgan fingerprint density at radius 1 is 1.35 bits per heavy atom. The molecule has 3 unspecified atom stereocenters. The highest BCUT2D eigenvalue weighted by atomic mass is 16.3. The van der Waals surface area contributed by atoms with Crippen molar-refractivity contribution in [2.75, 3.05) is 6.54 Å². The van der Waals surface area contributed by atoms with Gasteiger partial charge in [-0.15, -0.1) is 0 Å². The molecule has 1 saturated carbocycles. The molecule has 0 heterocycles. The molecule has 1 fully saturated rings. The van der Waals surface area contributed by atoms with Crippen molar-refractivity contribution < 1.29 is 5.11 Å². The molecular weight excluding hydrogens is 210 g/mol. The Morgan fingerprint density at radius 3 is 2.71 bits per heavy atom. The molecule has 94 valence electrons. The third-order valence-corrected chi connectivity index (χ3v) is 3.69. The smallest absolute Gasteiger partial charge is 0.0992 e. The van der Waals surface area contributed by atoms with Gasteiger partial charge in [0, 0.05) is 12.6 Å². The van der Waals surface area contributed by atoms with Crippen molar-refractivity contribution in [3.05, 3.63) is 35.9 Å². The third-order valence-electron chi connectivity index (χ3n) is 3.69. The van der Waals surface area contributed by atoms with Crippen molar-refractivity contribution in [2.24, 2.45) is 5.92 Å². The fourth-order valence-corrected chi connectivity index (χ4v) is 2.42. The zero-order chi connectivity index (χ0) is 12.3. The molecule has 2 N–H and O–H groups in total. The summed E-state index contributed by atoms with van der Waals surface area (Å²) in [6, 6.07) is 10.5. The van der Waals surface area contributed by atoms with Crippen molar-refractivity contribution >= 4 is 0 Å². The normalized spacial score (nSPS) is 26.5. The highest BCUT2D eigenvalue weighted by molar-refractivity contribution is 5.21. The summed E-state index contributed by atoms with van der Waals surface area (Å²) in [5, 5.41) is 13.9. The van der Waals surface area contributed by atoms with Gasteiger partial charge in [-0.1, -0.05) is 43.7 Å². The second kappa shape index (κ2) is 5.19. The molecule has 0 amide bonds. The highest BCUT2D eigenvalue weighted by Crippen LogP contribution is 2.35. The van der Waals surface area contributed by atoms with Gasteiger partial charge >= 0.3 is 0 Å². The van der Waals surface area contributed by atoms with E-state index in [4.69, 9.17) is 0 Å². The maximum absolute atomic E-state index is 10.4. The van der Waals surface area contributed by atoms with Crippen LogP contribution in [0.3, 0.4) is 0 Å². The Balaban J connectivity index is 1.83. The zero-order valence-corrected chi connectivity index (χ0v) is 10.8. The largest absolute Gasteiger partial charge is 0.384 e. The molecule has 0 bridgehead atoms. The van der Waals surface area contributed by atoms with Gasteiger partial charge in [0.25, 0.3) is 0 Å². The summed E-state index contributed by atoms with van der Waals surface area (Å²) in [4.78, 5) is 0. The average molecular weight is 233 g/mol. The van der Waals surface area contributed by atoms with Gasteiger partial charge < -0.3 is 10.4 Å². The number of rotatable bonds is 6. The van der Waals surface area contributed by atoms with Gasteiger partial charge in [0.05, 0.1) is 5.60 Å². The Bertz CT molecular complexity index is 347. The molecule has 2 heteroatoms. The van der Waals surface area contributed by atoms with Crippen LogP contribution < -0.4 is 5.32 Å². The van der Waals surface area contributed by atoms with Crippen molar-refractivity contribution in [1.82, 2.24) is 5.32 Å². The van der Waals surface area contributed by atoms with Crippen molar-refractivity contribution in [2.45, 2.75) is 44.8 Å². The van der Waals surface area contributed by atoms with E-state index in [0.717, 1.165) is 11.5 Å². The molecule has 0 radical (unpaired) electrons. The lowest BCUT2D eigenvalue weighted by Gasteiger charge is -2.24. The molecule has 0 spiro atoms.